The molecule has 17 heavy (non-hydrogen) atoms. The zero-order valence-corrected chi connectivity index (χ0v) is 10.2. The first-order valence-corrected chi connectivity index (χ1v) is 7.08. The second-order valence-corrected chi connectivity index (χ2v) is 6.66. The number of anilines is 1. The molecule has 0 aliphatic heterocycles. The van der Waals surface area contributed by atoms with Gasteiger partial charge in [0.15, 0.2) is 9.84 Å². The number of nitriles is 1. The Labute approximate surface area is 101 Å². The predicted octanol–water partition coefficient (Wildman–Crippen LogP) is 1.74. The van der Waals surface area contributed by atoms with E-state index in [-0.39, 0.29) is 16.1 Å². The van der Waals surface area contributed by atoms with E-state index in [1.807, 2.05) is 0 Å². The summed E-state index contributed by atoms with van der Waals surface area (Å²) in [6.07, 6.45) is 1.96. The first kappa shape index (κ1) is 11.9. The Bertz CT molecular complexity index is 568. The summed E-state index contributed by atoms with van der Waals surface area (Å²) in [6.45, 7) is 0. The van der Waals surface area contributed by atoms with Crippen LogP contribution in [0.1, 0.15) is 19.3 Å². The van der Waals surface area contributed by atoms with E-state index in [0.29, 0.717) is 12.1 Å². The molecular weight excluding hydrogens is 236 g/mol. The SMILES string of the molecule is N#CCC1(CS(=O)(=O)c2cccc(N)c2)CC1. The zero-order valence-electron chi connectivity index (χ0n) is 9.39. The lowest BCUT2D eigenvalue weighted by molar-refractivity contribution is 0.548. The van der Waals surface area contributed by atoms with Crippen LogP contribution >= 0.6 is 0 Å². The molecule has 0 unspecified atom stereocenters. The summed E-state index contributed by atoms with van der Waals surface area (Å²) in [5.74, 6) is 0.0526. The third-order valence-electron chi connectivity index (χ3n) is 3.12. The topological polar surface area (TPSA) is 84.0 Å². The fraction of sp³-hybridized carbons (Fsp3) is 0.417. The number of nitrogens with zero attached hydrogens (tertiary/aromatic N) is 1. The molecule has 1 aliphatic carbocycles. The van der Waals surface area contributed by atoms with E-state index in [1.54, 1.807) is 18.2 Å². The smallest absolute Gasteiger partial charge is 0.179 e. The summed E-state index contributed by atoms with van der Waals surface area (Å²) in [7, 11) is -3.33. The zero-order chi connectivity index (χ0) is 12.5. The largest absolute Gasteiger partial charge is 0.399 e. The van der Waals surface area contributed by atoms with Crippen molar-refractivity contribution in [2.75, 3.05) is 11.5 Å². The Kier molecular flexibility index (Phi) is 2.84. The molecule has 1 aromatic rings. The number of nitrogen functional groups attached to an aromatic ring is 1. The van der Waals surface area contributed by atoms with Gasteiger partial charge in [0.25, 0.3) is 0 Å². The van der Waals surface area contributed by atoms with E-state index in [4.69, 9.17) is 11.0 Å². The minimum Gasteiger partial charge on any atom is -0.399 e. The van der Waals surface area contributed by atoms with Crippen molar-refractivity contribution < 1.29 is 8.42 Å². The highest BCUT2D eigenvalue weighted by atomic mass is 32.2. The number of hydrogen-bond acceptors (Lipinski definition) is 4. The van der Waals surface area contributed by atoms with Gasteiger partial charge in [-0.1, -0.05) is 6.07 Å². The third-order valence-corrected chi connectivity index (χ3v) is 5.09. The molecular formula is C12H14N2O2S. The molecule has 2 N–H and O–H groups in total. The number of sulfone groups is 1. The van der Waals surface area contributed by atoms with Crippen molar-refractivity contribution in [2.45, 2.75) is 24.2 Å². The van der Waals surface area contributed by atoms with Crippen LogP contribution in [0.15, 0.2) is 29.2 Å². The Balaban J connectivity index is 2.24. The fourth-order valence-corrected chi connectivity index (χ4v) is 3.88. The molecule has 2 rings (SSSR count). The highest BCUT2D eigenvalue weighted by molar-refractivity contribution is 7.91. The van der Waals surface area contributed by atoms with E-state index in [1.165, 1.54) is 6.07 Å². The molecule has 1 saturated carbocycles. The summed E-state index contributed by atoms with van der Waals surface area (Å²) in [4.78, 5) is 0.252. The lowest BCUT2D eigenvalue weighted by atomic mass is 10.1. The molecule has 1 aromatic carbocycles. The van der Waals surface area contributed by atoms with E-state index in [2.05, 4.69) is 6.07 Å². The maximum absolute atomic E-state index is 12.1. The van der Waals surface area contributed by atoms with Gasteiger partial charge in [0, 0.05) is 12.1 Å². The minimum atomic E-state index is -3.33. The standard InChI is InChI=1S/C12H14N2O2S/c13-7-6-12(4-5-12)9-17(15,16)11-3-1-2-10(14)8-11/h1-3,8H,4-6,9,14H2. The molecule has 0 heterocycles. The molecule has 0 amide bonds. The molecule has 5 heteroatoms. The van der Waals surface area contributed by atoms with Gasteiger partial charge in [-0.15, -0.1) is 0 Å². The number of benzene rings is 1. The van der Waals surface area contributed by atoms with Gasteiger partial charge in [0.2, 0.25) is 0 Å². The lowest BCUT2D eigenvalue weighted by Gasteiger charge is -2.11. The normalized spacial score (nSPS) is 17.4. The van der Waals surface area contributed by atoms with Crippen LogP contribution in [-0.4, -0.2) is 14.2 Å². The third kappa shape index (κ3) is 2.59. The van der Waals surface area contributed by atoms with E-state index >= 15 is 0 Å². The number of rotatable bonds is 4. The van der Waals surface area contributed by atoms with Crippen molar-refractivity contribution >= 4 is 15.5 Å². The monoisotopic (exact) mass is 250 g/mol. The molecule has 1 aliphatic rings. The van der Waals surface area contributed by atoms with Crippen LogP contribution in [0.5, 0.6) is 0 Å². The molecule has 0 bridgehead atoms. The first-order valence-electron chi connectivity index (χ1n) is 5.43. The summed E-state index contributed by atoms with van der Waals surface area (Å²) >= 11 is 0. The van der Waals surface area contributed by atoms with Crippen LogP contribution in [0.4, 0.5) is 5.69 Å². The number of nitrogens with two attached hydrogens (primary N) is 1. The molecule has 4 nitrogen and oxygen atoms in total. The molecule has 0 aromatic heterocycles. The van der Waals surface area contributed by atoms with Gasteiger partial charge in [-0.2, -0.15) is 5.26 Å². The Morgan fingerprint density at radius 2 is 2.12 bits per heavy atom. The fourth-order valence-electron chi connectivity index (χ4n) is 1.91. The van der Waals surface area contributed by atoms with Gasteiger partial charge in [-0.3, -0.25) is 0 Å². The Morgan fingerprint density at radius 3 is 2.65 bits per heavy atom. The van der Waals surface area contributed by atoms with Crippen LogP contribution in [0.2, 0.25) is 0 Å². The van der Waals surface area contributed by atoms with Crippen LogP contribution in [0.25, 0.3) is 0 Å². The highest BCUT2D eigenvalue weighted by Gasteiger charge is 2.46. The van der Waals surface area contributed by atoms with Gasteiger partial charge < -0.3 is 5.73 Å². The second kappa shape index (κ2) is 4.04. The molecule has 0 radical (unpaired) electrons. The van der Waals surface area contributed by atoms with Gasteiger partial charge in [0.05, 0.1) is 16.7 Å². The maximum atomic E-state index is 12.1. The van der Waals surface area contributed by atoms with Crippen molar-refractivity contribution in [3.05, 3.63) is 24.3 Å². The summed E-state index contributed by atoms with van der Waals surface area (Å²) in [6, 6.07) is 8.37. The molecule has 0 spiro atoms. The van der Waals surface area contributed by atoms with Gasteiger partial charge in [-0.25, -0.2) is 8.42 Å². The van der Waals surface area contributed by atoms with E-state index in [0.717, 1.165) is 12.8 Å². The Morgan fingerprint density at radius 1 is 1.41 bits per heavy atom. The van der Waals surface area contributed by atoms with Crippen LogP contribution < -0.4 is 5.73 Å². The molecule has 0 atom stereocenters. The minimum absolute atomic E-state index is 0.0526. The van der Waals surface area contributed by atoms with Gasteiger partial charge in [0.1, 0.15) is 0 Å². The number of hydrogen-bond donors (Lipinski definition) is 1. The van der Waals surface area contributed by atoms with Gasteiger partial charge in [-0.05, 0) is 36.5 Å². The summed E-state index contributed by atoms with van der Waals surface area (Å²) in [5, 5.41) is 8.69. The molecule has 1 fully saturated rings. The lowest BCUT2D eigenvalue weighted by Crippen LogP contribution is -2.17. The summed E-state index contributed by atoms with van der Waals surface area (Å²) < 4.78 is 24.3. The molecule has 0 saturated heterocycles. The van der Waals surface area contributed by atoms with Crippen molar-refractivity contribution in [1.82, 2.24) is 0 Å². The van der Waals surface area contributed by atoms with Crippen LogP contribution in [0.3, 0.4) is 0 Å². The quantitative estimate of drug-likeness (QED) is 0.825. The van der Waals surface area contributed by atoms with Gasteiger partial charge >= 0.3 is 0 Å². The summed E-state index contributed by atoms with van der Waals surface area (Å²) in [5.41, 5.74) is 5.71. The van der Waals surface area contributed by atoms with Crippen LogP contribution in [-0.2, 0) is 9.84 Å². The average Bonchev–Trinajstić information content (AvgIpc) is 2.97. The average molecular weight is 250 g/mol. The van der Waals surface area contributed by atoms with Crippen molar-refractivity contribution in [2.24, 2.45) is 5.41 Å². The molecule has 90 valence electrons. The van der Waals surface area contributed by atoms with E-state index < -0.39 is 9.84 Å². The maximum Gasteiger partial charge on any atom is 0.179 e. The Hall–Kier alpha value is -1.54. The van der Waals surface area contributed by atoms with Crippen molar-refractivity contribution in [3.8, 4) is 6.07 Å². The van der Waals surface area contributed by atoms with E-state index in [9.17, 15) is 8.42 Å². The predicted molar refractivity (Wildman–Crippen MR) is 64.8 cm³/mol. The van der Waals surface area contributed by atoms with Crippen LogP contribution in [0, 0.1) is 16.7 Å². The van der Waals surface area contributed by atoms with Crippen molar-refractivity contribution in [1.29, 1.82) is 5.26 Å². The second-order valence-electron chi connectivity index (χ2n) is 4.67. The highest BCUT2D eigenvalue weighted by Crippen LogP contribution is 2.50. The van der Waals surface area contributed by atoms with Crippen molar-refractivity contribution in [3.63, 3.8) is 0 Å². The first-order chi connectivity index (χ1) is 7.97.